The molecule has 1 atom stereocenters. The van der Waals surface area contributed by atoms with Gasteiger partial charge in [0.15, 0.2) is 5.82 Å². The standard InChI is InChI=1S/C26H23FN4O2/c1-2-24(32)30-14-6-7-19(17-30)31-26-22(15-28-16-23(26)27)25(29-31)18-10-12-21(13-11-18)33-20-8-4-3-5-9-20/h2-5,8-13,15-16,19H,1,6-7,14,17H2. The monoisotopic (exact) mass is 442 g/mol. The summed E-state index contributed by atoms with van der Waals surface area (Å²) in [5.74, 6) is 0.904. The first-order valence-corrected chi connectivity index (χ1v) is 10.9. The molecule has 6 nitrogen and oxygen atoms in total. The lowest BCUT2D eigenvalue weighted by atomic mass is 10.1. The Kier molecular flexibility index (Phi) is 5.60. The van der Waals surface area contributed by atoms with Gasteiger partial charge in [0.1, 0.15) is 22.7 Å². The quantitative estimate of drug-likeness (QED) is 0.390. The highest BCUT2D eigenvalue weighted by atomic mass is 19.1. The van der Waals surface area contributed by atoms with Crippen molar-refractivity contribution in [2.75, 3.05) is 13.1 Å². The second-order valence-electron chi connectivity index (χ2n) is 8.03. The van der Waals surface area contributed by atoms with Crippen LogP contribution in [0.15, 0.2) is 79.6 Å². The number of pyridine rings is 1. The second-order valence-corrected chi connectivity index (χ2v) is 8.03. The molecular weight excluding hydrogens is 419 g/mol. The van der Waals surface area contributed by atoms with Gasteiger partial charge in [-0.15, -0.1) is 0 Å². The van der Waals surface area contributed by atoms with Crippen LogP contribution in [0, 0.1) is 5.82 Å². The first kappa shape index (κ1) is 20.9. The van der Waals surface area contributed by atoms with Crippen molar-refractivity contribution in [1.29, 1.82) is 0 Å². The maximum absolute atomic E-state index is 14.9. The van der Waals surface area contributed by atoms with Gasteiger partial charge in [-0.3, -0.25) is 14.5 Å². The van der Waals surface area contributed by atoms with Crippen LogP contribution in [0.3, 0.4) is 0 Å². The van der Waals surface area contributed by atoms with Crippen molar-refractivity contribution < 1.29 is 13.9 Å². The number of piperidine rings is 1. The van der Waals surface area contributed by atoms with E-state index in [1.54, 1.807) is 15.8 Å². The fraction of sp³-hybridized carbons (Fsp3) is 0.192. The molecule has 1 aliphatic heterocycles. The van der Waals surface area contributed by atoms with Gasteiger partial charge in [0.2, 0.25) is 5.91 Å². The normalized spacial score (nSPS) is 16.0. The van der Waals surface area contributed by atoms with Crippen molar-refractivity contribution in [2.45, 2.75) is 18.9 Å². The lowest BCUT2D eigenvalue weighted by molar-refractivity contribution is -0.127. The molecule has 33 heavy (non-hydrogen) atoms. The molecule has 166 valence electrons. The zero-order valence-electron chi connectivity index (χ0n) is 18.0. The minimum atomic E-state index is -0.428. The lowest BCUT2D eigenvalue weighted by Gasteiger charge is -2.32. The summed E-state index contributed by atoms with van der Waals surface area (Å²) in [7, 11) is 0. The van der Waals surface area contributed by atoms with Crippen LogP contribution in [0.1, 0.15) is 18.9 Å². The number of carbonyl (C=O) groups is 1. The Labute approximate surface area is 190 Å². The first-order chi connectivity index (χ1) is 16.1. The van der Waals surface area contributed by atoms with Gasteiger partial charge in [-0.2, -0.15) is 5.10 Å². The molecule has 3 heterocycles. The highest BCUT2D eigenvalue weighted by Crippen LogP contribution is 2.34. The maximum atomic E-state index is 14.9. The van der Waals surface area contributed by atoms with Crippen LogP contribution in [-0.4, -0.2) is 38.7 Å². The van der Waals surface area contributed by atoms with Crippen LogP contribution in [0.2, 0.25) is 0 Å². The van der Waals surface area contributed by atoms with Crippen LogP contribution in [0.25, 0.3) is 22.2 Å². The average Bonchev–Trinajstić information content (AvgIpc) is 3.26. The minimum absolute atomic E-state index is 0.118. The number of aromatic nitrogens is 3. The zero-order chi connectivity index (χ0) is 22.8. The number of rotatable bonds is 5. The number of carbonyl (C=O) groups excluding carboxylic acids is 1. The van der Waals surface area contributed by atoms with E-state index in [-0.39, 0.29) is 11.9 Å². The molecule has 0 saturated carbocycles. The molecule has 0 N–H and O–H groups in total. The van der Waals surface area contributed by atoms with Crippen molar-refractivity contribution in [3.8, 4) is 22.8 Å². The Morgan fingerprint density at radius 1 is 1.09 bits per heavy atom. The summed E-state index contributed by atoms with van der Waals surface area (Å²) in [5, 5.41) is 5.45. The molecule has 0 aliphatic carbocycles. The van der Waals surface area contributed by atoms with E-state index in [2.05, 4.69) is 11.6 Å². The fourth-order valence-corrected chi connectivity index (χ4v) is 4.31. The van der Waals surface area contributed by atoms with E-state index in [0.717, 1.165) is 24.2 Å². The van der Waals surface area contributed by atoms with Crippen LogP contribution in [0.5, 0.6) is 11.5 Å². The predicted octanol–water partition coefficient (Wildman–Crippen LogP) is 5.38. The first-order valence-electron chi connectivity index (χ1n) is 10.9. The molecule has 0 spiro atoms. The highest BCUT2D eigenvalue weighted by Gasteiger charge is 2.27. The van der Waals surface area contributed by atoms with Gasteiger partial charge in [0.05, 0.1) is 12.2 Å². The van der Waals surface area contributed by atoms with Crippen molar-refractivity contribution in [3.05, 3.63) is 85.5 Å². The molecule has 2 aromatic carbocycles. The third-order valence-corrected chi connectivity index (χ3v) is 5.90. The summed E-state index contributed by atoms with van der Waals surface area (Å²) < 4.78 is 22.5. The Morgan fingerprint density at radius 2 is 1.85 bits per heavy atom. The zero-order valence-corrected chi connectivity index (χ0v) is 18.0. The van der Waals surface area contributed by atoms with Crippen molar-refractivity contribution >= 4 is 16.8 Å². The molecule has 0 radical (unpaired) electrons. The van der Waals surface area contributed by atoms with Gasteiger partial charge in [0, 0.05) is 30.2 Å². The predicted molar refractivity (Wildman–Crippen MR) is 124 cm³/mol. The summed E-state index contributed by atoms with van der Waals surface area (Å²) in [6.07, 6.45) is 5.79. The molecule has 4 aromatic rings. The summed E-state index contributed by atoms with van der Waals surface area (Å²) in [5.41, 5.74) is 1.89. The minimum Gasteiger partial charge on any atom is -0.457 e. The molecule has 1 unspecified atom stereocenters. The number of nitrogens with zero attached hydrogens (tertiary/aromatic N) is 4. The molecule has 1 fully saturated rings. The Morgan fingerprint density at radius 3 is 2.61 bits per heavy atom. The number of halogens is 1. The van der Waals surface area contributed by atoms with Crippen LogP contribution in [-0.2, 0) is 4.79 Å². The third kappa shape index (κ3) is 4.09. The molecule has 2 aromatic heterocycles. The van der Waals surface area contributed by atoms with Gasteiger partial charge in [0.25, 0.3) is 0 Å². The summed E-state index contributed by atoms with van der Waals surface area (Å²) in [6, 6.07) is 17.0. The fourth-order valence-electron chi connectivity index (χ4n) is 4.31. The Balaban J connectivity index is 1.50. The molecule has 5 rings (SSSR count). The largest absolute Gasteiger partial charge is 0.457 e. The molecule has 1 amide bonds. The number of likely N-dealkylation sites (tertiary alicyclic amines) is 1. The number of fused-ring (bicyclic) bond motifs is 1. The number of benzene rings is 2. The van der Waals surface area contributed by atoms with Gasteiger partial charge in [-0.1, -0.05) is 24.8 Å². The van der Waals surface area contributed by atoms with E-state index >= 15 is 0 Å². The van der Waals surface area contributed by atoms with E-state index < -0.39 is 5.82 Å². The van der Waals surface area contributed by atoms with Crippen molar-refractivity contribution in [1.82, 2.24) is 19.7 Å². The van der Waals surface area contributed by atoms with E-state index in [1.807, 2.05) is 54.6 Å². The number of para-hydroxylation sites is 1. The molecule has 7 heteroatoms. The topological polar surface area (TPSA) is 60.2 Å². The van der Waals surface area contributed by atoms with Gasteiger partial charge >= 0.3 is 0 Å². The van der Waals surface area contributed by atoms with Gasteiger partial charge in [-0.25, -0.2) is 4.39 Å². The van der Waals surface area contributed by atoms with Crippen LogP contribution in [0.4, 0.5) is 4.39 Å². The Hall–Kier alpha value is -4.00. The van der Waals surface area contributed by atoms with E-state index in [9.17, 15) is 9.18 Å². The third-order valence-electron chi connectivity index (χ3n) is 5.90. The average molecular weight is 442 g/mol. The number of hydrogen-bond acceptors (Lipinski definition) is 4. The molecule has 1 saturated heterocycles. The van der Waals surface area contributed by atoms with Gasteiger partial charge in [-0.05, 0) is 55.3 Å². The lowest BCUT2D eigenvalue weighted by Crippen LogP contribution is -2.40. The van der Waals surface area contributed by atoms with Crippen molar-refractivity contribution in [3.63, 3.8) is 0 Å². The SMILES string of the molecule is C=CC(=O)N1CCCC(n2nc(-c3ccc(Oc4ccccc4)cc3)c3cncc(F)c32)C1. The van der Waals surface area contributed by atoms with Gasteiger partial charge < -0.3 is 9.64 Å². The van der Waals surface area contributed by atoms with Crippen LogP contribution >= 0.6 is 0 Å². The van der Waals surface area contributed by atoms with E-state index in [4.69, 9.17) is 9.84 Å². The number of amides is 1. The Bertz CT molecular complexity index is 1300. The maximum Gasteiger partial charge on any atom is 0.246 e. The second kappa shape index (κ2) is 8.86. The summed E-state index contributed by atoms with van der Waals surface area (Å²) >= 11 is 0. The molecule has 1 aliphatic rings. The molecule has 0 bridgehead atoms. The molecular formula is C26H23FN4O2. The summed E-state index contributed by atoms with van der Waals surface area (Å²) in [6.45, 7) is 4.71. The number of hydrogen-bond donors (Lipinski definition) is 0. The summed E-state index contributed by atoms with van der Waals surface area (Å²) in [4.78, 5) is 17.9. The van der Waals surface area contributed by atoms with Crippen LogP contribution < -0.4 is 4.74 Å². The van der Waals surface area contributed by atoms with Crippen molar-refractivity contribution in [2.24, 2.45) is 0 Å². The smallest absolute Gasteiger partial charge is 0.246 e. The van der Waals surface area contributed by atoms with E-state index in [1.165, 1.54) is 12.3 Å². The number of ether oxygens (including phenoxy) is 1. The highest BCUT2D eigenvalue weighted by molar-refractivity contribution is 5.93. The van der Waals surface area contributed by atoms with E-state index in [0.29, 0.717) is 35.4 Å².